The minimum absolute atomic E-state index is 0.658. The SMILES string of the molecule is N=C(CC(O)C(=O)OC(N)=O)OC(N)=O. The number of primary amides is 2. The number of rotatable bonds is 3. The molecule has 9 heteroatoms. The molecular weight excluding hydrogens is 210 g/mol. The summed E-state index contributed by atoms with van der Waals surface area (Å²) in [4.78, 5) is 30.9. The molecule has 0 aliphatic rings. The minimum atomic E-state index is -1.83. The van der Waals surface area contributed by atoms with Crippen molar-refractivity contribution in [2.24, 2.45) is 11.5 Å². The van der Waals surface area contributed by atoms with E-state index in [4.69, 9.17) is 10.5 Å². The van der Waals surface area contributed by atoms with Crippen LogP contribution in [0.3, 0.4) is 0 Å². The molecular formula is C6H9N3O6. The first-order chi connectivity index (χ1) is 6.82. The highest BCUT2D eigenvalue weighted by atomic mass is 16.6. The van der Waals surface area contributed by atoms with Gasteiger partial charge in [-0.1, -0.05) is 0 Å². The van der Waals surface area contributed by atoms with E-state index in [1.54, 1.807) is 0 Å². The Kier molecular flexibility index (Phi) is 4.75. The Morgan fingerprint density at radius 3 is 2.07 bits per heavy atom. The molecule has 0 heterocycles. The molecule has 0 aromatic carbocycles. The first kappa shape index (κ1) is 12.8. The van der Waals surface area contributed by atoms with E-state index in [2.05, 4.69) is 20.9 Å². The lowest BCUT2D eigenvalue weighted by molar-refractivity contribution is -0.146. The lowest BCUT2D eigenvalue weighted by Gasteiger charge is -2.08. The smallest absolute Gasteiger partial charge is 0.396 e. The van der Waals surface area contributed by atoms with Gasteiger partial charge in [0, 0.05) is 0 Å². The van der Waals surface area contributed by atoms with Crippen LogP contribution in [0.4, 0.5) is 9.59 Å². The third kappa shape index (κ3) is 5.99. The van der Waals surface area contributed by atoms with Gasteiger partial charge in [-0.3, -0.25) is 5.41 Å². The third-order valence-electron chi connectivity index (χ3n) is 1.08. The Morgan fingerprint density at radius 2 is 1.67 bits per heavy atom. The largest absolute Gasteiger partial charge is 0.412 e. The molecule has 2 amide bonds. The van der Waals surface area contributed by atoms with Crippen molar-refractivity contribution in [1.82, 2.24) is 0 Å². The first-order valence-electron chi connectivity index (χ1n) is 3.56. The first-order valence-corrected chi connectivity index (χ1v) is 3.56. The van der Waals surface area contributed by atoms with Gasteiger partial charge >= 0.3 is 18.2 Å². The molecule has 0 saturated heterocycles. The van der Waals surface area contributed by atoms with Crippen LogP contribution < -0.4 is 11.5 Å². The molecule has 0 aliphatic heterocycles. The summed E-state index contributed by atoms with van der Waals surface area (Å²) in [6.45, 7) is 0. The number of ether oxygens (including phenoxy) is 2. The Labute approximate surface area is 83.4 Å². The van der Waals surface area contributed by atoms with Gasteiger partial charge < -0.3 is 26.0 Å². The van der Waals surface area contributed by atoms with Crippen LogP contribution in [0.1, 0.15) is 6.42 Å². The number of hydrogen-bond donors (Lipinski definition) is 4. The second kappa shape index (κ2) is 5.54. The molecule has 1 atom stereocenters. The van der Waals surface area contributed by atoms with Gasteiger partial charge in [0.1, 0.15) is 0 Å². The van der Waals surface area contributed by atoms with Gasteiger partial charge in [-0.05, 0) is 0 Å². The van der Waals surface area contributed by atoms with Crippen molar-refractivity contribution < 1.29 is 29.0 Å². The van der Waals surface area contributed by atoms with Gasteiger partial charge in [-0.2, -0.15) is 0 Å². The molecule has 0 spiro atoms. The van der Waals surface area contributed by atoms with Crippen molar-refractivity contribution in [3.63, 3.8) is 0 Å². The van der Waals surface area contributed by atoms with E-state index in [0.717, 1.165) is 0 Å². The number of aliphatic hydroxyl groups is 1. The van der Waals surface area contributed by atoms with Crippen LogP contribution in [0.5, 0.6) is 0 Å². The summed E-state index contributed by atoms with van der Waals surface area (Å²) in [5.41, 5.74) is 9.04. The Hall–Kier alpha value is -2.16. The van der Waals surface area contributed by atoms with Crippen LogP contribution in [0, 0.1) is 5.41 Å². The average molecular weight is 219 g/mol. The molecule has 0 fully saturated rings. The van der Waals surface area contributed by atoms with E-state index < -0.39 is 36.6 Å². The van der Waals surface area contributed by atoms with Crippen molar-refractivity contribution in [3.8, 4) is 0 Å². The zero-order chi connectivity index (χ0) is 12.0. The highest BCUT2D eigenvalue weighted by Gasteiger charge is 2.22. The van der Waals surface area contributed by atoms with Gasteiger partial charge in [0.15, 0.2) is 12.0 Å². The van der Waals surface area contributed by atoms with Gasteiger partial charge in [0.05, 0.1) is 6.42 Å². The summed E-state index contributed by atoms with van der Waals surface area (Å²) >= 11 is 0. The minimum Gasteiger partial charge on any atom is -0.396 e. The fraction of sp³-hybridized carbons (Fsp3) is 0.333. The lowest BCUT2D eigenvalue weighted by atomic mass is 10.2. The summed E-state index contributed by atoms with van der Waals surface area (Å²) in [7, 11) is 0. The van der Waals surface area contributed by atoms with Gasteiger partial charge in [-0.15, -0.1) is 0 Å². The highest BCUT2D eigenvalue weighted by Crippen LogP contribution is 1.98. The van der Waals surface area contributed by atoms with E-state index >= 15 is 0 Å². The molecule has 9 nitrogen and oxygen atoms in total. The van der Waals surface area contributed by atoms with Crippen molar-refractivity contribution in [3.05, 3.63) is 0 Å². The number of amides is 2. The number of nitrogens with one attached hydrogen (secondary N) is 1. The van der Waals surface area contributed by atoms with Crippen LogP contribution in [0.2, 0.25) is 0 Å². The van der Waals surface area contributed by atoms with E-state index in [0.29, 0.717) is 0 Å². The molecule has 6 N–H and O–H groups in total. The molecule has 0 aromatic rings. The van der Waals surface area contributed by atoms with Crippen molar-refractivity contribution in [2.45, 2.75) is 12.5 Å². The van der Waals surface area contributed by atoms with Crippen LogP contribution in [-0.2, 0) is 14.3 Å². The third-order valence-corrected chi connectivity index (χ3v) is 1.08. The van der Waals surface area contributed by atoms with Gasteiger partial charge in [0.25, 0.3) is 0 Å². The van der Waals surface area contributed by atoms with Crippen molar-refractivity contribution >= 4 is 24.1 Å². The summed E-state index contributed by atoms with van der Waals surface area (Å²) in [6, 6.07) is 0. The van der Waals surface area contributed by atoms with E-state index in [9.17, 15) is 14.4 Å². The van der Waals surface area contributed by atoms with Gasteiger partial charge in [-0.25, -0.2) is 14.4 Å². The van der Waals surface area contributed by atoms with Crippen LogP contribution in [0.15, 0.2) is 0 Å². The summed E-state index contributed by atoms with van der Waals surface area (Å²) in [6.07, 6.45) is -5.13. The second-order valence-corrected chi connectivity index (χ2v) is 2.30. The lowest BCUT2D eigenvalue weighted by Crippen LogP contribution is -2.31. The molecule has 0 bridgehead atoms. The number of nitrogens with two attached hydrogens (primary N) is 2. The molecule has 0 aliphatic carbocycles. The zero-order valence-electron chi connectivity index (χ0n) is 7.43. The summed E-state index contributed by atoms with van der Waals surface area (Å²) in [5, 5.41) is 15.9. The molecule has 15 heavy (non-hydrogen) atoms. The normalized spacial score (nSPS) is 11.3. The van der Waals surface area contributed by atoms with Crippen LogP contribution in [0.25, 0.3) is 0 Å². The molecule has 1 unspecified atom stereocenters. The van der Waals surface area contributed by atoms with Crippen molar-refractivity contribution in [2.75, 3.05) is 0 Å². The topological polar surface area (TPSA) is 166 Å². The quantitative estimate of drug-likeness (QED) is 0.193. The molecule has 0 radical (unpaired) electrons. The molecule has 0 saturated carbocycles. The Bertz CT molecular complexity index is 301. The number of hydrogen-bond acceptors (Lipinski definition) is 7. The predicted octanol–water partition coefficient (Wildman–Crippen LogP) is -1.57. The summed E-state index contributed by atoms with van der Waals surface area (Å²) < 4.78 is 7.81. The van der Waals surface area contributed by atoms with Crippen molar-refractivity contribution in [1.29, 1.82) is 5.41 Å². The van der Waals surface area contributed by atoms with E-state index in [1.807, 2.05) is 0 Å². The standard InChI is InChI=1S/C6H9N3O6/c7-3(14-5(8)12)1-2(10)4(11)15-6(9)13/h2,7,10H,1H2,(H2,8,12)(H2,9,13). The number of carbonyl (C=O) groups is 3. The number of carbonyl (C=O) groups excluding carboxylic acids is 3. The molecule has 0 aromatic heterocycles. The molecule has 84 valence electrons. The zero-order valence-corrected chi connectivity index (χ0v) is 7.43. The summed E-state index contributed by atoms with van der Waals surface area (Å²) in [5.74, 6) is -2.09. The van der Waals surface area contributed by atoms with Gasteiger partial charge in [0.2, 0.25) is 0 Å². The Morgan fingerprint density at radius 1 is 1.20 bits per heavy atom. The highest BCUT2D eigenvalue weighted by molar-refractivity contribution is 5.91. The monoisotopic (exact) mass is 219 g/mol. The average Bonchev–Trinajstić information content (AvgIpc) is 2.00. The number of esters is 1. The Balaban J connectivity index is 4.07. The fourth-order valence-corrected chi connectivity index (χ4v) is 0.589. The van der Waals surface area contributed by atoms with E-state index in [-0.39, 0.29) is 0 Å². The maximum absolute atomic E-state index is 10.7. The second-order valence-electron chi connectivity index (χ2n) is 2.30. The maximum atomic E-state index is 10.7. The maximum Gasteiger partial charge on any atom is 0.412 e. The van der Waals surface area contributed by atoms with Crippen LogP contribution >= 0.6 is 0 Å². The predicted molar refractivity (Wildman–Crippen MR) is 44.7 cm³/mol. The molecule has 0 rings (SSSR count). The fourth-order valence-electron chi connectivity index (χ4n) is 0.589. The van der Waals surface area contributed by atoms with Crippen LogP contribution in [-0.4, -0.2) is 35.3 Å². The van der Waals surface area contributed by atoms with E-state index in [1.165, 1.54) is 0 Å². The number of aliphatic hydroxyl groups excluding tert-OH is 1.